The van der Waals surface area contributed by atoms with Gasteiger partial charge in [0.05, 0.1) is 17.0 Å². The molecule has 0 aliphatic carbocycles. The third-order valence-corrected chi connectivity index (χ3v) is 2.15. The molecule has 1 aromatic heterocycles. The maximum atomic E-state index is 12.5. The summed E-state index contributed by atoms with van der Waals surface area (Å²) in [6.07, 6.45) is -2.12. The van der Waals surface area contributed by atoms with Crippen LogP contribution < -0.4 is 0 Å². The highest BCUT2D eigenvalue weighted by Crippen LogP contribution is 2.26. The van der Waals surface area contributed by atoms with Gasteiger partial charge in [0.2, 0.25) is 0 Å². The quantitative estimate of drug-likeness (QED) is 0.831. The van der Waals surface area contributed by atoms with Gasteiger partial charge in [-0.15, -0.1) is 11.6 Å². The lowest BCUT2D eigenvalue weighted by Gasteiger charge is -2.09. The summed E-state index contributed by atoms with van der Waals surface area (Å²) in [5.74, 6) is -1.92. The van der Waals surface area contributed by atoms with Gasteiger partial charge in [-0.1, -0.05) is 0 Å². The van der Waals surface area contributed by atoms with Crippen LogP contribution in [-0.4, -0.2) is 16.1 Å². The van der Waals surface area contributed by atoms with Gasteiger partial charge >= 0.3 is 5.97 Å². The maximum Gasteiger partial charge on any atom is 0.337 e. The van der Waals surface area contributed by atoms with Gasteiger partial charge in [0.1, 0.15) is 11.8 Å². The maximum absolute atomic E-state index is 12.5. The lowest BCUT2D eigenvalue weighted by Crippen LogP contribution is -2.10. The number of carboxylic acid groups (broad SMARTS) is 1. The molecule has 0 unspecified atom stereocenters. The summed E-state index contributed by atoms with van der Waals surface area (Å²) in [6.45, 7) is 0. The molecule has 7 heteroatoms. The van der Waals surface area contributed by atoms with Crippen LogP contribution in [0.1, 0.15) is 33.6 Å². The van der Waals surface area contributed by atoms with E-state index in [1.165, 1.54) is 0 Å². The monoisotopic (exact) mass is 246 g/mol. The van der Waals surface area contributed by atoms with Gasteiger partial charge in [-0.25, -0.2) is 13.6 Å². The highest BCUT2D eigenvalue weighted by molar-refractivity contribution is 6.17. The summed E-state index contributed by atoms with van der Waals surface area (Å²) in [5, 5.41) is 17.5. The fraction of sp³-hybridized carbons (Fsp3) is 0.222. The molecule has 0 saturated carbocycles. The van der Waals surface area contributed by atoms with Crippen LogP contribution in [0.2, 0.25) is 0 Å². The Morgan fingerprint density at radius 1 is 1.69 bits per heavy atom. The van der Waals surface area contributed by atoms with Crippen molar-refractivity contribution in [2.75, 3.05) is 0 Å². The number of hydrogen-bond acceptors (Lipinski definition) is 3. The van der Waals surface area contributed by atoms with E-state index >= 15 is 0 Å². The minimum absolute atomic E-state index is 0.285. The van der Waals surface area contributed by atoms with Crippen molar-refractivity contribution < 1.29 is 18.7 Å². The highest BCUT2D eigenvalue weighted by atomic mass is 35.5. The molecule has 1 N–H and O–H groups in total. The Bertz CT molecular complexity index is 471. The van der Waals surface area contributed by atoms with E-state index in [0.29, 0.717) is 0 Å². The molecule has 0 radical (unpaired) electrons. The first-order valence-electron chi connectivity index (χ1n) is 4.02. The van der Waals surface area contributed by atoms with Gasteiger partial charge in [0.15, 0.2) is 0 Å². The summed E-state index contributed by atoms with van der Waals surface area (Å²) >= 11 is 5.41. The summed E-state index contributed by atoms with van der Waals surface area (Å²) in [4.78, 5) is 14.2. The average Bonchev–Trinajstić information content (AvgIpc) is 2.26. The zero-order valence-electron chi connectivity index (χ0n) is 7.75. The molecule has 0 aliphatic rings. The number of alkyl halides is 3. The van der Waals surface area contributed by atoms with Crippen molar-refractivity contribution in [1.82, 2.24) is 4.98 Å². The van der Waals surface area contributed by atoms with Crippen LogP contribution in [0.25, 0.3) is 0 Å². The largest absolute Gasteiger partial charge is 0.478 e. The third kappa shape index (κ3) is 2.09. The van der Waals surface area contributed by atoms with E-state index in [-0.39, 0.29) is 11.1 Å². The van der Waals surface area contributed by atoms with Gasteiger partial charge in [-0.2, -0.15) is 5.26 Å². The Kier molecular flexibility index (Phi) is 3.74. The Hall–Kier alpha value is -1.74. The van der Waals surface area contributed by atoms with Crippen LogP contribution in [0.15, 0.2) is 6.20 Å². The normalized spacial score (nSPS) is 10.2. The molecule has 0 fully saturated rings. The zero-order valence-corrected chi connectivity index (χ0v) is 8.50. The zero-order chi connectivity index (χ0) is 12.3. The molecular weight excluding hydrogens is 242 g/mol. The van der Waals surface area contributed by atoms with Gasteiger partial charge in [-0.05, 0) is 0 Å². The fourth-order valence-corrected chi connectivity index (χ4v) is 1.49. The Labute approximate surface area is 94.1 Å². The molecule has 84 valence electrons. The van der Waals surface area contributed by atoms with Crippen LogP contribution in [0.4, 0.5) is 8.78 Å². The summed E-state index contributed by atoms with van der Waals surface area (Å²) in [5.41, 5.74) is -1.81. The van der Waals surface area contributed by atoms with E-state index in [4.69, 9.17) is 22.0 Å². The van der Waals surface area contributed by atoms with Crippen LogP contribution >= 0.6 is 11.6 Å². The number of aromatic carboxylic acids is 1. The first-order chi connectivity index (χ1) is 7.52. The van der Waals surface area contributed by atoms with Crippen molar-refractivity contribution in [3.05, 3.63) is 28.6 Å². The van der Waals surface area contributed by atoms with Crippen LogP contribution in [0.3, 0.4) is 0 Å². The van der Waals surface area contributed by atoms with Gasteiger partial charge in [0.25, 0.3) is 6.43 Å². The van der Waals surface area contributed by atoms with Gasteiger partial charge in [0, 0.05) is 11.8 Å². The summed E-state index contributed by atoms with van der Waals surface area (Å²) < 4.78 is 25.0. The Morgan fingerprint density at radius 2 is 2.31 bits per heavy atom. The number of pyridine rings is 1. The Balaban J connectivity index is 3.58. The van der Waals surface area contributed by atoms with Crippen LogP contribution in [0.5, 0.6) is 0 Å². The van der Waals surface area contributed by atoms with Crippen molar-refractivity contribution in [2.45, 2.75) is 12.3 Å². The predicted octanol–water partition coefficient (Wildman–Crippen LogP) is 2.33. The standard InChI is InChI=1S/C9H5ClF2N2O2/c10-1-5-6(9(15)16)4(2-13)3-14-7(5)8(11)12/h3,8H,1H2,(H,15,16). The molecule has 16 heavy (non-hydrogen) atoms. The van der Waals surface area contributed by atoms with E-state index in [1.54, 1.807) is 6.07 Å². The first kappa shape index (κ1) is 12.3. The highest BCUT2D eigenvalue weighted by Gasteiger charge is 2.23. The SMILES string of the molecule is N#Cc1cnc(C(F)F)c(CCl)c1C(=O)O. The molecule has 0 aromatic carbocycles. The average molecular weight is 247 g/mol. The third-order valence-electron chi connectivity index (χ3n) is 1.89. The molecule has 1 heterocycles. The second-order valence-corrected chi connectivity index (χ2v) is 3.03. The topological polar surface area (TPSA) is 74.0 Å². The Morgan fingerprint density at radius 3 is 2.69 bits per heavy atom. The van der Waals surface area contributed by atoms with Gasteiger partial charge in [-0.3, -0.25) is 4.98 Å². The molecule has 0 spiro atoms. The summed E-state index contributed by atoms with van der Waals surface area (Å²) in [6, 6.07) is 1.57. The second-order valence-electron chi connectivity index (χ2n) is 2.76. The fourth-order valence-electron chi connectivity index (χ4n) is 1.22. The van der Waals surface area contributed by atoms with Crippen LogP contribution in [0, 0.1) is 11.3 Å². The van der Waals surface area contributed by atoms with Crippen molar-refractivity contribution in [3.63, 3.8) is 0 Å². The number of halogens is 3. The number of carboxylic acids is 1. The van der Waals surface area contributed by atoms with Crippen molar-refractivity contribution >= 4 is 17.6 Å². The molecule has 0 saturated heterocycles. The number of hydrogen-bond donors (Lipinski definition) is 1. The van der Waals surface area contributed by atoms with Crippen molar-refractivity contribution in [3.8, 4) is 6.07 Å². The van der Waals surface area contributed by atoms with E-state index in [9.17, 15) is 13.6 Å². The molecular formula is C9H5ClF2N2O2. The van der Waals surface area contributed by atoms with Gasteiger partial charge < -0.3 is 5.11 Å². The van der Waals surface area contributed by atoms with E-state index in [0.717, 1.165) is 6.20 Å². The number of nitrogens with zero attached hydrogens (tertiary/aromatic N) is 2. The molecule has 1 rings (SSSR count). The lowest BCUT2D eigenvalue weighted by atomic mass is 10.0. The molecule has 4 nitrogen and oxygen atoms in total. The molecule has 1 aromatic rings. The number of nitriles is 1. The van der Waals surface area contributed by atoms with Crippen molar-refractivity contribution in [1.29, 1.82) is 5.26 Å². The number of aromatic nitrogens is 1. The number of carbonyl (C=O) groups is 1. The lowest BCUT2D eigenvalue weighted by molar-refractivity contribution is 0.0694. The smallest absolute Gasteiger partial charge is 0.337 e. The van der Waals surface area contributed by atoms with Crippen molar-refractivity contribution in [2.24, 2.45) is 0 Å². The van der Waals surface area contributed by atoms with Crippen LogP contribution in [-0.2, 0) is 5.88 Å². The second kappa shape index (κ2) is 4.86. The predicted molar refractivity (Wildman–Crippen MR) is 50.4 cm³/mol. The molecule has 0 amide bonds. The minimum Gasteiger partial charge on any atom is -0.478 e. The molecule has 0 atom stereocenters. The molecule has 0 aliphatic heterocycles. The minimum atomic E-state index is -2.93. The number of rotatable bonds is 3. The molecule has 0 bridgehead atoms. The van der Waals surface area contributed by atoms with E-state index in [2.05, 4.69) is 4.98 Å². The van der Waals surface area contributed by atoms with E-state index < -0.39 is 29.5 Å². The summed E-state index contributed by atoms with van der Waals surface area (Å²) in [7, 11) is 0. The van der Waals surface area contributed by atoms with E-state index in [1.807, 2.05) is 0 Å². The first-order valence-corrected chi connectivity index (χ1v) is 4.55.